The minimum atomic E-state index is 0.404. The SMILES string of the molecule is CCCC(=O)C1CCC(P)CC1. The van der Waals surface area contributed by atoms with Crippen LogP contribution >= 0.6 is 9.24 Å². The summed E-state index contributed by atoms with van der Waals surface area (Å²) in [6.45, 7) is 2.08. The quantitative estimate of drug-likeness (QED) is 0.619. The average molecular weight is 186 g/mol. The molecule has 1 aliphatic rings. The molecular weight excluding hydrogens is 167 g/mol. The van der Waals surface area contributed by atoms with Crippen LogP contribution in [0.3, 0.4) is 0 Å². The molecule has 0 heterocycles. The topological polar surface area (TPSA) is 17.1 Å². The van der Waals surface area contributed by atoms with Crippen molar-refractivity contribution in [3.63, 3.8) is 0 Å². The van der Waals surface area contributed by atoms with Gasteiger partial charge in [-0.3, -0.25) is 4.79 Å². The number of carbonyl (C=O) groups is 1. The van der Waals surface area contributed by atoms with Crippen LogP contribution in [0.2, 0.25) is 0 Å². The third-order valence-electron chi connectivity index (χ3n) is 2.72. The second kappa shape index (κ2) is 4.97. The summed E-state index contributed by atoms with van der Waals surface area (Å²) in [5.41, 5.74) is 0.774. The number of carbonyl (C=O) groups excluding carboxylic acids is 1. The van der Waals surface area contributed by atoms with E-state index in [-0.39, 0.29) is 0 Å². The predicted octanol–water partition coefficient (Wildman–Crippen LogP) is 2.79. The van der Waals surface area contributed by atoms with E-state index in [1.54, 1.807) is 0 Å². The smallest absolute Gasteiger partial charge is 0.135 e. The third-order valence-corrected chi connectivity index (χ3v) is 3.39. The molecular formula is C10H19OP. The molecule has 2 heteroatoms. The van der Waals surface area contributed by atoms with Crippen molar-refractivity contribution in [2.45, 2.75) is 51.1 Å². The molecule has 0 bridgehead atoms. The summed E-state index contributed by atoms with van der Waals surface area (Å²) < 4.78 is 0. The Labute approximate surface area is 77.5 Å². The van der Waals surface area contributed by atoms with Crippen molar-refractivity contribution in [1.29, 1.82) is 0 Å². The van der Waals surface area contributed by atoms with E-state index in [2.05, 4.69) is 16.2 Å². The first-order chi connectivity index (χ1) is 5.74. The van der Waals surface area contributed by atoms with E-state index >= 15 is 0 Å². The van der Waals surface area contributed by atoms with E-state index in [4.69, 9.17) is 0 Å². The maximum atomic E-state index is 11.5. The molecule has 0 aliphatic heterocycles. The molecule has 0 aromatic carbocycles. The molecule has 70 valence electrons. The van der Waals surface area contributed by atoms with Crippen LogP contribution in [-0.4, -0.2) is 11.4 Å². The molecule has 1 atom stereocenters. The van der Waals surface area contributed by atoms with E-state index in [9.17, 15) is 4.79 Å². The van der Waals surface area contributed by atoms with Gasteiger partial charge in [0.1, 0.15) is 5.78 Å². The van der Waals surface area contributed by atoms with Gasteiger partial charge in [-0.25, -0.2) is 0 Å². The summed E-state index contributed by atoms with van der Waals surface area (Å²) in [4.78, 5) is 11.5. The molecule has 0 saturated heterocycles. The van der Waals surface area contributed by atoms with Crippen LogP contribution in [0.4, 0.5) is 0 Å². The normalized spacial score (nSPS) is 30.2. The van der Waals surface area contributed by atoms with Crippen LogP contribution in [0, 0.1) is 5.92 Å². The van der Waals surface area contributed by atoms with Crippen LogP contribution in [0.25, 0.3) is 0 Å². The van der Waals surface area contributed by atoms with E-state index in [0.717, 1.165) is 31.3 Å². The van der Waals surface area contributed by atoms with Gasteiger partial charge in [-0.2, -0.15) is 0 Å². The highest BCUT2D eigenvalue weighted by atomic mass is 31.0. The van der Waals surface area contributed by atoms with Crippen molar-refractivity contribution >= 4 is 15.0 Å². The van der Waals surface area contributed by atoms with Gasteiger partial charge in [0.05, 0.1) is 0 Å². The highest BCUT2D eigenvalue weighted by molar-refractivity contribution is 7.17. The number of ketones is 1. The van der Waals surface area contributed by atoms with Gasteiger partial charge >= 0.3 is 0 Å². The minimum absolute atomic E-state index is 0.404. The average Bonchev–Trinajstić information content (AvgIpc) is 2.06. The summed E-state index contributed by atoms with van der Waals surface area (Å²) in [7, 11) is 2.87. The monoisotopic (exact) mass is 186 g/mol. The van der Waals surface area contributed by atoms with Gasteiger partial charge in [-0.15, -0.1) is 9.24 Å². The van der Waals surface area contributed by atoms with Crippen molar-refractivity contribution in [2.75, 3.05) is 0 Å². The highest BCUT2D eigenvalue weighted by Crippen LogP contribution is 2.29. The maximum Gasteiger partial charge on any atom is 0.135 e. The lowest BCUT2D eigenvalue weighted by molar-refractivity contribution is -0.123. The third kappa shape index (κ3) is 2.86. The Hall–Kier alpha value is 0.100. The molecule has 1 saturated carbocycles. The van der Waals surface area contributed by atoms with Crippen molar-refractivity contribution in [1.82, 2.24) is 0 Å². The maximum absolute atomic E-state index is 11.5. The van der Waals surface area contributed by atoms with Gasteiger partial charge in [0.25, 0.3) is 0 Å². The Morgan fingerprint density at radius 3 is 2.42 bits per heavy atom. The van der Waals surface area contributed by atoms with Gasteiger partial charge in [0.15, 0.2) is 0 Å². The molecule has 0 amide bonds. The molecule has 1 fully saturated rings. The Balaban J connectivity index is 2.29. The van der Waals surface area contributed by atoms with Gasteiger partial charge in [0.2, 0.25) is 0 Å². The lowest BCUT2D eigenvalue weighted by Gasteiger charge is -2.24. The van der Waals surface area contributed by atoms with E-state index < -0.39 is 0 Å². The van der Waals surface area contributed by atoms with Crippen molar-refractivity contribution in [2.24, 2.45) is 5.92 Å². The largest absolute Gasteiger partial charge is 0.299 e. The molecule has 1 aliphatic carbocycles. The molecule has 0 spiro atoms. The first kappa shape index (κ1) is 10.2. The number of Topliss-reactive ketones (excluding diaryl/α,β-unsaturated/α-hetero) is 1. The molecule has 0 radical (unpaired) electrons. The Morgan fingerprint density at radius 2 is 1.92 bits per heavy atom. The Morgan fingerprint density at radius 1 is 1.33 bits per heavy atom. The van der Waals surface area contributed by atoms with Crippen molar-refractivity contribution < 1.29 is 4.79 Å². The summed E-state index contributed by atoms with van der Waals surface area (Å²) in [6.07, 6.45) is 6.53. The molecule has 1 rings (SSSR count). The zero-order valence-corrected chi connectivity index (χ0v) is 9.04. The second-order valence-corrected chi connectivity index (χ2v) is 4.77. The summed E-state index contributed by atoms with van der Waals surface area (Å²) >= 11 is 0. The first-order valence-electron chi connectivity index (χ1n) is 5.02. The van der Waals surface area contributed by atoms with Crippen LogP contribution in [0.15, 0.2) is 0 Å². The fourth-order valence-electron chi connectivity index (χ4n) is 1.89. The van der Waals surface area contributed by atoms with E-state index in [0.29, 0.717) is 11.7 Å². The van der Waals surface area contributed by atoms with Crippen LogP contribution < -0.4 is 0 Å². The van der Waals surface area contributed by atoms with E-state index in [1.807, 2.05) is 0 Å². The van der Waals surface area contributed by atoms with Gasteiger partial charge in [-0.1, -0.05) is 6.92 Å². The Kier molecular flexibility index (Phi) is 4.21. The minimum Gasteiger partial charge on any atom is -0.299 e. The van der Waals surface area contributed by atoms with Crippen LogP contribution in [-0.2, 0) is 4.79 Å². The second-order valence-electron chi connectivity index (χ2n) is 3.83. The standard InChI is InChI=1S/C10H19OP/c1-2-3-10(11)8-4-6-9(12)7-5-8/h8-9H,2-7,12H2,1H3. The number of rotatable bonds is 3. The molecule has 0 aromatic rings. The molecule has 1 nitrogen and oxygen atoms in total. The summed E-state index contributed by atoms with van der Waals surface area (Å²) in [5.74, 6) is 0.913. The molecule has 1 unspecified atom stereocenters. The highest BCUT2D eigenvalue weighted by Gasteiger charge is 2.23. The fraction of sp³-hybridized carbons (Fsp3) is 0.900. The Bertz CT molecular complexity index is 148. The van der Waals surface area contributed by atoms with E-state index in [1.165, 1.54) is 12.8 Å². The van der Waals surface area contributed by atoms with Crippen molar-refractivity contribution in [3.8, 4) is 0 Å². The zero-order chi connectivity index (χ0) is 8.97. The summed E-state index contributed by atoms with van der Waals surface area (Å²) in [6, 6.07) is 0. The van der Waals surface area contributed by atoms with Gasteiger partial charge in [-0.05, 0) is 37.8 Å². The molecule has 12 heavy (non-hydrogen) atoms. The number of hydrogen-bond donors (Lipinski definition) is 0. The predicted molar refractivity (Wildman–Crippen MR) is 55.4 cm³/mol. The lowest BCUT2D eigenvalue weighted by atomic mass is 9.84. The van der Waals surface area contributed by atoms with Crippen LogP contribution in [0.5, 0.6) is 0 Å². The molecule has 0 aromatic heterocycles. The summed E-state index contributed by atoms with van der Waals surface area (Å²) in [5, 5.41) is 0. The zero-order valence-electron chi connectivity index (χ0n) is 7.88. The van der Waals surface area contributed by atoms with Crippen molar-refractivity contribution in [3.05, 3.63) is 0 Å². The fourth-order valence-corrected chi connectivity index (χ4v) is 2.28. The number of hydrogen-bond acceptors (Lipinski definition) is 1. The lowest BCUT2D eigenvalue weighted by Crippen LogP contribution is -2.21. The van der Waals surface area contributed by atoms with Gasteiger partial charge in [0, 0.05) is 12.3 Å². The van der Waals surface area contributed by atoms with Gasteiger partial charge < -0.3 is 0 Å². The first-order valence-corrected chi connectivity index (χ1v) is 5.69. The molecule has 0 N–H and O–H groups in total. The van der Waals surface area contributed by atoms with Crippen LogP contribution in [0.1, 0.15) is 45.4 Å².